The lowest BCUT2D eigenvalue weighted by atomic mass is 10.1. The van der Waals surface area contributed by atoms with Crippen LogP contribution in [0, 0.1) is 0 Å². The van der Waals surface area contributed by atoms with Crippen LogP contribution in [0.4, 0.5) is 5.69 Å². The molecule has 1 aliphatic carbocycles. The van der Waals surface area contributed by atoms with Crippen LogP contribution in [0.5, 0.6) is 5.88 Å². The van der Waals surface area contributed by atoms with Crippen molar-refractivity contribution in [3.63, 3.8) is 0 Å². The monoisotopic (exact) mass is 282 g/mol. The van der Waals surface area contributed by atoms with Gasteiger partial charge in [0.15, 0.2) is 0 Å². The van der Waals surface area contributed by atoms with Crippen LogP contribution in [0.3, 0.4) is 0 Å². The first-order valence-corrected chi connectivity index (χ1v) is 7.29. The van der Waals surface area contributed by atoms with Gasteiger partial charge in [-0.05, 0) is 61.6 Å². The molecule has 0 bridgehead atoms. The summed E-state index contributed by atoms with van der Waals surface area (Å²) in [6.45, 7) is 2.35. The smallest absolute Gasteiger partial charge is 0.261 e. The molecule has 21 heavy (non-hydrogen) atoms. The van der Waals surface area contributed by atoms with Crippen molar-refractivity contribution in [3.05, 3.63) is 53.2 Å². The number of rotatable bonds is 4. The average Bonchev–Trinajstić information content (AvgIpc) is 2.95. The minimum atomic E-state index is -0.190. The second-order valence-electron chi connectivity index (χ2n) is 5.08. The van der Waals surface area contributed by atoms with Crippen molar-refractivity contribution in [3.8, 4) is 5.88 Å². The fraction of sp³-hybridized carbons (Fsp3) is 0.294. The van der Waals surface area contributed by atoms with Gasteiger partial charge in [0, 0.05) is 11.9 Å². The molecule has 3 rings (SSSR count). The first kappa shape index (κ1) is 13.6. The largest absolute Gasteiger partial charge is 0.477 e. The van der Waals surface area contributed by atoms with E-state index < -0.39 is 0 Å². The molecule has 0 spiro atoms. The minimum Gasteiger partial charge on any atom is -0.477 e. The lowest BCUT2D eigenvalue weighted by molar-refractivity contribution is 0.102. The number of ether oxygens (including phenoxy) is 1. The van der Waals surface area contributed by atoms with Crippen LogP contribution < -0.4 is 10.1 Å². The third-order valence-electron chi connectivity index (χ3n) is 3.65. The Bertz CT molecular complexity index is 668. The van der Waals surface area contributed by atoms with E-state index >= 15 is 0 Å². The Balaban J connectivity index is 1.80. The van der Waals surface area contributed by atoms with Gasteiger partial charge < -0.3 is 10.1 Å². The normalized spacial score (nSPS) is 12.8. The summed E-state index contributed by atoms with van der Waals surface area (Å²) in [4.78, 5) is 16.5. The zero-order valence-electron chi connectivity index (χ0n) is 12.1. The molecule has 0 saturated heterocycles. The SMILES string of the molecule is CCOc1ncccc1C(=O)Nc1ccc2c(c1)CCC2. The van der Waals surface area contributed by atoms with E-state index in [9.17, 15) is 4.79 Å². The Hall–Kier alpha value is -2.36. The van der Waals surface area contributed by atoms with Gasteiger partial charge in [0.05, 0.1) is 6.61 Å². The van der Waals surface area contributed by atoms with Crippen molar-refractivity contribution in [2.75, 3.05) is 11.9 Å². The fourth-order valence-corrected chi connectivity index (χ4v) is 2.66. The summed E-state index contributed by atoms with van der Waals surface area (Å²) in [7, 11) is 0. The van der Waals surface area contributed by atoms with Crippen molar-refractivity contribution in [2.45, 2.75) is 26.2 Å². The van der Waals surface area contributed by atoms with E-state index in [0.29, 0.717) is 18.1 Å². The number of aromatic nitrogens is 1. The third kappa shape index (κ3) is 2.89. The summed E-state index contributed by atoms with van der Waals surface area (Å²) in [5.74, 6) is 0.183. The van der Waals surface area contributed by atoms with Crippen molar-refractivity contribution in [1.82, 2.24) is 4.98 Å². The van der Waals surface area contributed by atoms with E-state index in [0.717, 1.165) is 18.5 Å². The number of hydrogen-bond donors (Lipinski definition) is 1. The Morgan fingerprint density at radius 2 is 2.14 bits per heavy atom. The van der Waals surface area contributed by atoms with Crippen molar-refractivity contribution >= 4 is 11.6 Å². The van der Waals surface area contributed by atoms with Gasteiger partial charge in [-0.1, -0.05) is 6.07 Å². The molecule has 1 aromatic heterocycles. The molecule has 1 N–H and O–H groups in total. The predicted molar refractivity (Wildman–Crippen MR) is 81.8 cm³/mol. The number of aryl methyl sites for hydroxylation is 2. The highest BCUT2D eigenvalue weighted by molar-refractivity contribution is 6.05. The molecule has 4 heteroatoms. The molecule has 1 aliphatic rings. The van der Waals surface area contributed by atoms with Gasteiger partial charge in [0.1, 0.15) is 5.56 Å². The molecule has 2 aromatic rings. The molecular formula is C17H18N2O2. The van der Waals surface area contributed by atoms with Gasteiger partial charge in [-0.15, -0.1) is 0 Å². The van der Waals surface area contributed by atoms with Crippen LogP contribution in [0.25, 0.3) is 0 Å². The standard InChI is InChI=1S/C17H18N2O2/c1-2-21-17-15(7-4-10-18-17)16(20)19-14-9-8-12-5-3-6-13(12)11-14/h4,7-11H,2-3,5-6H2,1H3,(H,19,20). The molecule has 0 saturated carbocycles. The average molecular weight is 282 g/mol. The molecule has 1 amide bonds. The van der Waals surface area contributed by atoms with E-state index in [-0.39, 0.29) is 5.91 Å². The lowest BCUT2D eigenvalue weighted by Crippen LogP contribution is -2.14. The van der Waals surface area contributed by atoms with Gasteiger partial charge >= 0.3 is 0 Å². The second kappa shape index (κ2) is 5.95. The summed E-state index contributed by atoms with van der Waals surface area (Å²) < 4.78 is 5.40. The van der Waals surface area contributed by atoms with Gasteiger partial charge in [-0.2, -0.15) is 0 Å². The first-order valence-electron chi connectivity index (χ1n) is 7.29. The fourth-order valence-electron chi connectivity index (χ4n) is 2.66. The van der Waals surface area contributed by atoms with Crippen LogP contribution in [0.1, 0.15) is 34.8 Å². The van der Waals surface area contributed by atoms with Crippen LogP contribution in [0.2, 0.25) is 0 Å². The minimum absolute atomic E-state index is 0.190. The van der Waals surface area contributed by atoms with Crippen molar-refractivity contribution in [2.24, 2.45) is 0 Å². The predicted octanol–water partition coefficient (Wildman–Crippen LogP) is 3.22. The number of anilines is 1. The van der Waals surface area contributed by atoms with Gasteiger partial charge in [0.25, 0.3) is 5.91 Å². The molecule has 1 heterocycles. The van der Waals surface area contributed by atoms with Gasteiger partial charge in [-0.25, -0.2) is 4.98 Å². The molecule has 0 atom stereocenters. The zero-order chi connectivity index (χ0) is 14.7. The number of amides is 1. The highest BCUT2D eigenvalue weighted by atomic mass is 16.5. The summed E-state index contributed by atoms with van der Waals surface area (Å²) in [6, 6.07) is 9.58. The third-order valence-corrected chi connectivity index (χ3v) is 3.65. The Labute approximate surface area is 124 Å². The zero-order valence-corrected chi connectivity index (χ0v) is 12.1. The number of carbonyl (C=O) groups excluding carboxylic acids is 1. The lowest BCUT2D eigenvalue weighted by Gasteiger charge is -2.10. The van der Waals surface area contributed by atoms with E-state index in [1.807, 2.05) is 13.0 Å². The van der Waals surface area contributed by atoms with E-state index in [1.165, 1.54) is 17.5 Å². The molecule has 4 nitrogen and oxygen atoms in total. The van der Waals surface area contributed by atoms with Crippen molar-refractivity contribution in [1.29, 1.82) is 0 Å². The number of benzene rings is 1. The van der Waals surface area contributed by atoms with E-state index in [4.69, 9.17) is 4.74 Å². The highest BCUT2D eigenvalue weighted by Crippen LogP contribution is 2.25. The van der Waals surface area contributed by atoms with Crippen LogP contribution in [-0.4, -0.2) is 17.5 Å². The summed E-state index contributed by atoms with van der Waals surface area (Å²) in [6.07, 6.45) is 5.05. The number of fused-ring (bicyclic) bond motifs is 1. The Kier molecular flexibility index (Phi) is 3.86. The van der Waals surface area contributed by atoms with Crippen LogP contribution >= 0.6 is 0 Å². The topological polar surface area (TPSA) is 51.2 Å². The second-order valence-corrected chi connectivity index (χ2v) is 5.08. The molecule has 0 fully saturated rings. The van der Waals surface area contributed by atoms with Crippen molar-refractivity contribution < 1.29 is 9.53 Å². The number of hydrogen-bond acceptors (Lipinski definition) is 3. The highest BCUT2D eigenvalue weighted by Gasteiger charge is 2.15. The number of nitrogens with zero attached hydrogens (tertiary/aromatic N) is 1. The number of pyridine rings is 1. The quantitative estimate of drug-likeness (QED) is 0.936. The maximum absolute atomic E-state index is 12.4. The van der Waals surface area contributed by atoms with Crippen LogP contribution in [0.15, 0.2) is 36.5 Å². The molecule has 0 unspecified atom stereocenters. The molecule has 108 valence electrons. The molecule has 1 aromatic carbocycles. The summed E-state index contributed by atoms with van der Waals surface area (Å²) in [5, 5.41) is 2.93. The number of nitrogens with one attached hydrogen (secondary N) is 1. The first-order chi connectivity index (χ1) is 10.3. The van der Waals surface area contributed by atoms with E-state index in [1.54, 1.807) is 18.3 Å². The number of carbonyl (C=O) groups is 1. The van der Waals surface area contributed by atoms with Gasteiger partial charge in [-0.3, -0.25) is 4.79 Å². The Morgan fingerprint density at radius 3 is 3.00 bits per heavy atom. The summed E-state index contributed by atoms with van der Waals surface area (Å²) >= 11 is 0. The molecule has 0 aliphatic heterocycles. The van der Waals surface area contributed by atoms with Gasteiger partial charge in [0.2, 0.25) is 5.88 Å². The Morgan fingerprint density at radius 1 is 1.29 bits per heavy atom. The molecule has 0 radical (unpaired) electrons. The van der Waals surface area contributed by atoms with Crippen LogP contribution in [-0.2, 0) is 12.8 Å². The van der Waals surface area contributed by atoms with E-state index in [2.05, 4.69) is 22.4 Å². The maximum Gasteiger partial charge on any atom is 0.261 e. The summed E-state index contributed by atoms with van der Waals surface area (Å²) in [5.41, 5.74) is 4.01. The maximum atomic E-state index is 12.4. The molecular weight excluding hydrogens is 264 g/mol.